The fourth-order valence-corrected chi connectivity index (χ4v) is 2.10. The van der Waals surface area contributed by atoms with Gasteiger partial charge in [-0.15, -0.1) is 11.3 Å². The summed E-state index contributed by atoms with van der Waals surface area (Å²) in [5.41, 5.74) is 0. The topological polar surface area (TPSA) is 34.9 Å². The average Bonchev–Trinajstić information content (AvgIpc) is 2.75. The third-order valence-corrected chi connectivity index (χ3v) is 3.06. The zero-order chi connectivity index (χ0) is 9.97. The summed E-state index contributed by atoms with van der Waals surface area (Å²) in [5, 5.41) is 4.10. The quantitative estimate of drug-likeness (QED) is 0.721. The summed E-state index contributed by atoms with van der Waals surface area (Å²) in [5.74, 6) is 0.127. The molecular weight excluding hydrogens is 196 g/mol. The monoisotopic (exact) mass is 206 g/mol. The first-order chi connectivity index (χ1) is 6.75. The van der Waals surface area contributed by atoms with Gasteiger partial charge in [-0.2, -0.15) is 5.10 Å². The number of aromatic nitrogens is 2. The lowest BCUT2D eigenvalue weighted by Gasteiger charge is -1.96. The van der Waals surface area contributed by atoms with Gasteiger partial charge >= 0.3 is 0 Å². The highest BCUT2D eigenvalue weighted by molar-refractivity contribution is 7.14. The summed E-state index contributed by atoms with van der Waals surface area (Å²) in [6.07, 6.45) is 3.66. The van der Waals surface area contributed by atoms with Crippen LogP contribution in [0.2, 0.25) is 0 Å². The predicted molar refractivity (Wildman–Crippen MR) is 55.7 cm³/mol. The Balaban J connectivity index is 2.14. The number of nitrogens with zero attached hydrogens (tertiary/aromatic N) is 2. The molecule has 0 aliphatic carbocycles. The van der Waals surface area contributed by atoms with Gasteiger partial charge in [0.1, 0.15) is 0 Å². The minimum atomic E-state index is 0.127. The molecule has 2 rings (SSSR count). The normalized spacial score (nSPS) is 10.4. The SMILES string of the molecule is CC(=O)c1ccc(Cn2cccn2)s1. The second-order valence-electron chi connectivity index (χ2n) is 3.03. The first kappa shape index (κ1) is 9.15. The van der Waals surface area contributed by atoms with Crippen LogP contribution in [0.25, 0.3) is 0 Å². The molecule has 2 aromatic rings. The lowest BCUT2D eigenvalue weighted by Crippen LogP contribution is -1.97. The van der Waals surface area contributed by atoms with Crippen LogP contribution in [0.4, 0.5) is 0 Å². The Morgan fingerprint density at radius 1 is 1.57 bits per heavy atom. The first-order valence-electron chi connectivity index (χ1n) is 4.33. The molecule has 0 aromatic carbocycles. The minimum Gasteiger partial charge on any atom is -0.294 e. The molecule has 0 aliphatic rings. The van der Waals surface area contributed by atoms with Crippen molar-refractivity contribution in [2.24, 2.45) is 0 Å². The summed E-state index contributed by atoms with van der Waals surface area (Å²) in [7, 11) is 0. The van der Waals surface area contributed by atoms with Crippen molar-refractivity contribution in [1.82, 2.24) is 9.78 Å². The highest BCUT2D eigenvalue weighted by Crippen LogP contribution is 2.17. The van der Waals surface area contributed by atoms with E-state index in [1.807, 2.05) is 29.1 Å². The summed E-state index contributed by atoms with van der Waals surface area (Å²) in [6.45, 7) is 2.33. The molecule has 0 radical (unpaired) electrons. The van der Waals surface area contributed by atoms with Crippen molar-refractivity contribution in [3.63, 3.8) is 0 Å². The van der Waals surface area contributed by atoms with Crippen LogP contribution >= 0.6 is 11.3 Å². The van der Waals surface area contributed by atoms with Crippen molar-refractivity contribution in [3.8, 4) is 0 Å². The number of carbonyl (C=O) groups is 1. The minimum absolute atomic E-state index is 0.127. The van der Waals surface area contributed by atoms with Crippen molar-refractivity contribution in [2.45, 2.75) is 13.5 Å². The van der Waals surface area contributed by atoms with E-state index in [0.717, 1.165) is 16.3 Å². The Labute approximate surface area is 86.0 Å². The van der Waals surface area contributed by atoms with E-state index in [0.29, 0.717) is 0 Å². The zero-order valence-electron chi connectivity index (χ0n) is 7.80. The summed E-state index contributed by atoms with van der Waals surface area (Å²) >= 11 is 1.53. The molecule has 0 atom stereocenters. The van der Waals surface area contributed by atoms with Crippen LogP contribution in [0.5, 0.6) is 0 Å². The Morgan fingerprint density at radius 2 is 2.43 bits per heavy atom. The van der Waals surface area contributed by atoms with Gasteiger partial charge in [0, 0.05) is 17.3 Å². The second kappa shape index (κ2) is 3.75. The standard InChI is InChI=1S/C10H10N2OS/c1-8(13)10-4-3-9(14-10)7-12-6-2-5-11-12/h2-6H,7H2,1H3. The third kappa shape index (κ3) is 1.90. The van der Waals surface area contributed by atoms with Crippen LogP contribution in [0.1, 0.15) is 21.5 Å². The molecule has 2 aromatic heterocycles. The fraction of sp³-hybridized carbons (Fsp3) is 0.200. The van der Waals surface area contributed by atoms with Crippen molar-refractivity contribution in [3.05, 3.63) is 40.3 Å². The molecular formula is C10H10N2OS. The van der Waals surface area contributed by atoms with Crippen LogP contribution in [0.15, 0.2) is 30.6 Å². The predicted octanol–water partition coefficient (Wildman–Crippen LogP) is 2.20. The van der Waals surface area contributed by atoms with Crippen molar-refractivity contribution in [2.75, 3.05) is 0 Å². The molecule has 72 valence electrons. The largest absolute Gasteiger partial charge is 0.294 e. The number of thiophene rings is 1. The van der Waals surface area contributed by atoms with Crippen LogP contribution in [-0.2, 0) is 6.54 Å². The molecule has 0 amide bonds. The van der Waals surface area contributed by atoms with Gasteiger partial charge in [0.2, 0.25) is 0 Å². The molecule has 3 nitrogen and oxygen atoms in total. The smallest absolute Gasteiger partial charge is 0.169 e. The molecule has 14 heavy (non-hydrogen) atoms. The van der Waals surface area contributed by atoms with Gasteiger partial charge in [0.15, 0.2) is 5.78 Å². The number of hydrogen-bond acceptors (Lipinski definition) is 3. The summed E-state index contributed by atoms with van der Waals surface area (Å²) < 4.78 is 1.84. The zero-order valence-corrected chi connectivity index (χ0v) is 8.62. The molecule has 0 bridgehead atoms. The Morgan fingerprint density at radius 3 is 3.00 bits per heavy atom. The maximum atomic E-state index is 11.0. The van der Waals surface area contributed by atoms with Gasteiger partial charge in [0.25, 0.3) is 0 Å². The van der Waals surface area contributed by atoms with E-state index >= 15 is 0 Å². The summed E-state index contributed by atoms with van der Waals surface area (Å²) in [4.78, 5) is 13.0. The number of carbonyl (C=O) groups excluding carboxylic acids is 1. The fourth-order valence-electron chi connectivity index (χ4n) is 1.21. The number of rotatable bonds is 3. The molecule has 0 saturated heterocycles. The van der Waals surface area contributed by atoms with Gasteiger partial charge in [0.05, 0.1) is 11.4 Å². The van der Waals surface area contributed by atoms with E-state index in [9.17, 15) is 4.79 Å². The van der Waals surface area contributed by atoms with Gasteiger partial charge in [-0.3, -0.25) is 9.48 Å². The Kier molecular flexibility index (Phi) is 2.45. The molecule has 0 aliphatic heterocycles. The first-order valence-corrected chi connectivity index (χ1v) is 5.14. The van der Waals surface area contributed by atoms with Crippen molar-refractivity contribution >= 4 is 17.1 Å². The van der Waals surface area contributed by atoms with E-state index in [-0.39, 0.29) is 5.78 Å². The molecule has 4 heteroatoms. The maximum Gasteiger partial charge on any atom is 0.169 e. The molecule has 0 N–H and O–H groups in total. The molecule has 0 unspecified atom stereocenters. The maximum absolute atomic E-state index is 11.0. The van der Waals surface area contributed by atoms with Crippen LogP contribution < -0.4 is 0 Å². The summed E-state index contributed by atoms with van der Waals surface area (Å²) in [6, 6.07) is 5.73. The van der Waals surface area contributed by atoms with Crippen LogP contribution in [-0.4, -0.2) is 15.6 Å². The highest BCUT2D eigenvalue weighted by Gasteiger charge is 2.04. The van der Waals surface area contributed by atoms with E-state index < -0.39 is 0 Å². The van der Waals surface area contributed by atoms with E-state index in [2.05, 4.69) is 5.10 Å². The molecule has 0 fully saturated rings. The number of Topliss-reactive ketones (excluding diaryl/α,β-unsaturated/α-hetero) is 1. The van der Waals surface area contributed by atoms with Crippen molar-refractivity contribution < 1.29 is 4.79 Å². The lowest BCUT2D eigenvalue weighted by molar-refractivity contribution is 0.102. The van der Waals surface area contributed by atoms with Gasteiger partial charge in [-0.1, -0.05) is 0 Å². The number of ketones is 1. The molecule has 2 heterocycles. The average molecular weight is 206 g/mol. The third-order valence-electron chi connectivity index (χ3n) is 1.89. The van der Waals surface area contributed by atoms with E-state index in [1.54, 1.807) is 13.1 Å². The van der Waals surface area contributed by atoms with Gasteiger partial charge in [-0.05, 0) is 25.1 Å². The van der Waals surface area contributed by atoms with Crippen LogP contribution in [0.3, 0.4) is 0 Å². The second-order valence-corrected chi connectivity index (χ2v) is 4.19. The van der Waals surface area contributed by atoms with Crippen molar-refractivity contribution in [1.29, 1.82) is 0 Å². The van der Waals surface area contributed by atoms with E-state index in [1.165, 1.54) is 11.3 Å². The molecule has 0 spiro atoms. The van der Waals surface area contributed by atoms with Crippen LogP contribution in [0, 0.1) is 0 Å². The Bertz CT molecular complexity index is 431. The molecule has 0 saturated carbocycles. The van der Waals surface area contributed by atoms with Gasteiger partial charge in [-0.25, -0.2) is 0 Å². The van der Waals surface area contributed by atoms with Gasteiger partial charge < -0.3 is 0 Å². The Hall–Kier alpha value is -1.42. The van der Waals surface area contributed by atoms with E-state index in [4.69, 9.17) is 0 Å². The highest BCUT2D eigenvalue weighted by atomic mass is 32.1. The lowest BCUT2D eigenvalue weighted by atomic mass is 10.3. The number of hydrogen-bond donors (Lipinski definition) is 0.